The second kappa shape index (κ2) is 7.59. The van der Waals surface area contributed by atoms with Gasteiger partial charge in [-0.15, -0.1) is 0 Å². The Labute approximate surface area is 170 Å². The number of amides is 1. The monoisotopic (exact) mass is 414 g/mol. The molecular weight excluding hydrogens is 388 g/mol. The third kappa shape index (κ3) is 4.03. The molecule has 1 fully saturated rings. The van der Waals surface area contributed by atoms with Crippen LogP contribution in [0.3, 0.4) is 0 Å². The zero-order chi connectivity index (χ0) is 20.6. The molecule has 0 saturated carbocycles. The van der Waals surface area contributed by atoms with Crippen molar-refractivity contribution < 1.29 is 13.2 Å². The highest BCUT2D eigenvalue weighted by Crippen LogP contribution is 2.24. The predicted octanol–water partition coefficient (Wildman–Crippen LogP) is 3.66. The molecule has 0 spiro atoms. The third-order valence-electron chi connectivity index (χ3n) is 5.18. The number of fused-ring (bicyclic) bond motifs is 1. The molecule has 3 aromatic rings. The van der Waals surface area contributed by atoms with Crippen LogP contribution in [0.4, 0.5) is 5.69 Å². The molecule has 0 unspecified atom stereocenters. The number of sulfonamides is 1. The summed E-state index contributed by atoms with van der Waals surface area (Å²) in [4.78, 5) is 17.1. The van der Waals surface area contributed by atoms with Gasteiger partial charge in [0, 0.05) is 48.6 Å². The molecule has 0 aliphatic carbocycles. The van der Waals surface area contributed by atoms with E-state index in [0.29, 0.717) is 30.4 Å². The fourth-order valence-corrected chi connectivity index (χ4v) is 4.82. The van der Waals surface area contributed by atoms with E-state index in [0.717, 1.165) is 30.3 Å². The fraction of sp³-hybridized carbons (Fsp3) is 0.381. The summed E-state index contributed by atoms with van der Waals surface area (Å²) in [7, 11) is -3.79. The Morgan fingerprint density at radius 1 is 1.17 bits per heavy atom. The summed E-state index contributed by atoms with van der Waals surface area (Å²) in [5, 5.41) is 0.977. The lowest BCUT2D eigenvalue weighted by Crippen LogP contribution is -2.27. The number of benzene rings is 1. The Morgan fingerprint density at radius 3 is 2.66 bits per heavy atom. The number of rotatable bonds is 6. The maximum Gasteiger partial charge on any atom is 0.270 e. The molecule has 1 aliphatic rings. The van der Waals surface area contributed by atoms with Crippen LogP contribution in [0.25, 0.3) is 10.9 Å². The van der Waals surface area contributed by atoms with Gasteiger partial charge in [-0.1, -0.05) is 13.8 Å². The second-order valence-electron chi connectivity index (χ2n) is 7.99. The van der Waals surface area contributed by atoms with Gasteiger partial charge in [-0.2, -0.15) is 0 Å². The molecule has 1 amide bonds. The third-order valence-corrected chi connectivity index (χ3v) is 6.54. The van der Waals surface area contributed by atoms with Crippen molar-refractivity contribution in [3.63, 3.8) is 0 Å². The number of carbonyl (C=O) groups excluding carboxylic acids is 1. The van der Waals surface area contributed by atoms with Crippen LogP contribution >= 0.6 is 0 Å². The summed E-state index contributed by atoms with van der Waals surface area (Å²) in [6.45, 7) is 6.66. The maximum atomic E-state index is 12.8. The quantitative estimate of drug-likeness (QED) is 0.645. The van der Waals surface area contributed by atoms with E-state index >= 15 is 0 Å². The molecular formula is C21H26N4O3S. The number of nitrogens with zero attached hydrogens (tertiary/aromatic N) is 2. The number of hydrogen-bond acceptors (Lipinski definition) is 3. The van der Waals surface area contributed by atoms with Crippen molar-refractivity contribution in [1.82, 2.24) is 14.5 Å². The first-order valence-corrected chi connectivity index (χ1v) is 11.4. The van der Waals surface area contributed by atoms with Gasteiger partial charge >= 0.3 is 0 Å². The smallest absolute Gasteiger partial charge is 0.270 e. The van der Waals surface area contributed by atoms with Crippen LogP contribution in [0.2, 0.25) is 0 Å². The van der Waals surface area contributed by atoms with Gasteiger partial charge in [0.05, 0.1) is 0 Å². The molecule has 8 heteroatoms. The van der Waals surface area contributed by atoms with Crippen molar-refractivity contribution in [2.45, 2.75) is 38.1 Å². The molecule has 1 aromatic carbocycles. The van der Waals surface area contributed by atoms with Crippen LogP contribution in [-0.2, 0) is 16.6 Å². The molecule has 0 radical (unpaired) electrons. The average Bonchev–Trinajstić information content (AvgIpc) is 3.42. The normalized spacial score (nSPS) is 14.8. The molecule has 7 nitrogen and oxygen atoms in total. The molecule has 4 rings (SSSR count). The highest BCUT2D eigenvalue weighted by atomic mass is 32.2. The number of anilines is 1. The Morgan fingerprint density at radius 2 is 1.93 bits per heavy atom. The Balaban J connectivity index is 1.53. The minimum Gasteiger partial charge on any atom is -0.356 e. The van der Waals surface area contributed by atoms with Crippen LogP contribution in [-0.4, -0.2) is 41.9 Å². The Hall–Kier alpha value is -2.74. The summed E-state index contributed by atoms with van der Waals surface area (Å²) in [6, 6.07) is 8.90. The fourth-order valence-electron chi connectivity index (χ4n) is 3.77. The van der Waals surface area contributed by atoms with Gasteiger partial charge in [-0.3, -0.25) is 9.52 Å². The van der Waals surface area contributed by atoms with E-state index in [1.165, 1.54) is 12.3 Å². The number of likely N-dealkylation sites (tertiary alicyclic amines) is 1. The van der Waals surface area contributed by atoms with Crippen LogP contribution in [0.5, 0.6) is 0 Å². The molecule has 1 saturated heterocycles. The molecule has 3 heterocycles. The van der Waals surface area contributed by atoms with Crippen molar-refractivity contribution in [3.05, 3.63) is 48.4 Å². The minimum atomic E-state index is -3.79. The van der Waals surface area contributed by atoms with Crippen molar-refractivity contribution in [2.75, 3.05) is 17.8 Å². The zero-order valence-corrected chi connectivity index (χ0v) is 17.5. The molecule has 1 aliphatic heterocycles. The topological polar surface area (TPSA) is 87.2 Å². The van der Waals surface area contributed by atoms with Crippen molar-refractivity contribution in [1.29, 1.82) is 0 Å². The minimum absolute atomic E-state index is 0.0533. The molecule has 0 bridgehead atoms. The molecule has 2 aromatic heterocycles. The highest BCUT2D eigenvalue weighted by molar-refractivity contribution is 7.92. The zero-order valence-electron chi connectivity index (χ0n) is 16.7. The SMILES string of the molecule is CC(C)Cn1ccc2cc(NS(=O)(=O)c3c[nH]c(C(=O)N4CCCC4)c3)ccc21. The van der Waals surface area contributed by atoms with Gasteiger partial charge in [0.2, 0.25) is 0 Å². The number of H-pyrrole nitrogens is 1. The molecule has 154 valence electrons. The summed E-state index contributed by atoms with van der Waals surface area (Å²) in [6.07, 6.45) is 5.36. The lowest BCUT2D eigenvalue weighted by atomic mass is 10.2. The average molecular weight is 415 g/mol. The molecule has 29 heavy (non-hydrogen) atoms. The summed E-state index contributed by atoms with van der Waals surface area (Å²) in [5.41, 5.74) is 1.86. The first kappa shape index (κ1) is 19.6. The first-order valence-electron chi connectivity index (χ1n) is 9.93. The number of aromatic amines is 1. The lowest BCUT2D eigenvalue weighted by molar-refractivity contribution is 0.0787. The Kier molecular flexibility index (Phi) is 5.12. The van der Waals surface area contributed by atoms with E-state index in [4.69, 9.17) is 0 Å². The van der Waals surface area contributed by atoms with E-state index in [-0.39, 0.29) is 10.8 Å². The van der Waals surface area contributed by atoms with Gasteiger partial charge < -0.3 is 14.5 Å². The van der Waals surface area contributed by atoms with E-state index in [9.17, 15) is 13.2 Å². The van der Waals surface area contributed by atoms with Gasteiger partial charge in [0.15, 0.2) is 0 Å². The predicted molar refractivity (Wildman–Crippen MR) is 114 cm³/mol. The van der Waals surface area contributed by atoms with Crippen LogP contribution in [0.1, 0.15) is 37.2 Å². The van der Waals surface area contributed by atoms with E-state index < -0.39 is 10.0 Å². The van der Waals surface area contributed by atoms with Crippen LogP contribution < -0.4 is 4.72 Å². The van der Waals surface area contributed by atoms with E-state index in [1.54, 1.807) is 11.0 Å². The second-order valence-corrected chi connectivity index (χ2v) is 9.67. The van der Waals surface area contributed by atoms with Gasteiger partial charge in [0.25, 0.3) is 15.9 Å². The first-order chi connectivity index (χ1) is 13.8. The van der Waals surface area contributed by atoms with Gasteiger partial charge in [-0.05, 0) is 49.1 Å². The summed E-state index contributed by atoms with van der Waals surface area (Å²) in [5.74, 6) is 0.367. The number of aromatic nitrogens is 2. The van der Waals surface area contributed by atoms with Crippen molar-refractivity contribution in [3.8, 4) is 0 Å². The largest absolute Gasteiger partial charge is 0.356 e. The highest BCUT2D eigenvalue weighted by Gasteiger charge is 2.23. The van der Waals surface area contributed by atoms with Gasteiger partial charge in [-0.25, -0.2) is 8.42 Å². The van der Waals surface area contributed by atoms with Crippen molar-refractivity contribution >= 4 is 32.5 Å². The Bertz CT molecular complexity index is 1140. The standard InChI is InChI=1S/C21H26N4O3S/c1-15(2)14-25-10-7-16-11-17(5-6-20(16)25)23-29(27,28)18-12-19(22-13-18)21(26)24-8-3-4-9-24/h5-7,10-13,15,22-23H,3-4,8-9,14H2,1-2H3. The number of nitrogens with one attached hydrogen (secondary N) is 2. The van der Waals surface area contributed by atoms with E-state index in [1.807, 2.05) is 24.4 Å². The van der Waals surface area contributed by atoms with Gasteiger partial charge in [0.1, 0.15) is 10.6 Å². The van der Waals surface area contributed by atoms with E-state index in [2.05, 4.69) is 28.1 Å². The maximum absolute atomic E-state index is 12.8. The van der Waals surface area contributed by atoms with Crippen molar-refractivity contribution in [2.24, 2.45) is 5.92 Å². The van der Waals surface area contributed by atoms with Crippen LogP contribution in [0, 0.1) is 5.92 Å². The summed E-state index contributed by atoms with van der Waals surface area (Å²) < 4.78 is 30.4. The van der Waals surface area contributed by atoms with Crippen LogP contribution in [0.15, 0.2) is 47.6 Å². The lowest BCUT2D eigenvalue weighted by Gasteiger charge is -2.13. The number of carbonyl (C=O) groups is 1. The molecule has 0 atom stereocenters. The molecule has 2 N–H and O–H groups in total. The number of hydrogen-bond donors (Lipinski definition) is 2. The summed E-state index contributed by atoms with van der Waals surface area (Å²) >= 11 is 0.